The molecule has 0 spiro atoms. The predicted molar refractivity (Wildman–Crippen MR) is 69.0 cm³/mol. The van der Waals surface area contributed by atoms with Gasteiger partial charge in [-0.15, -0.1) is 0 Å². The van der Waals surface area contributed by atoms with Crippen molar-refractivity contribution in [3.63, 3.8) is 0 Å². The van der Waals surface area contributed by atoms with Crippen LogP contribution >= 0.6 is 12.6 Å². The number of benzene rings is 1. The zero-order chi connectivity index (χ0) is 11.5. The van der Waals surface area contributed by atoms with E-state index in [1.807, 2.05) is 37.3 Å². The van der Waals surface area contributed by atoms with Gasteiger partial charge in [0.1, 0.15) is 0 Å². The summed E-state index contributed by atoms with van der Waals surface area (Å²) in [5.74, 6) is 0.654. The van der Waals surface area contributed by atoms with Crippen molar-refractivity contribution in [2.24, 2.45) is 11.0 Å². The highest BCUT2D eigenvalue weighted by molar-refractivity contribution is 7.80. The largest absolute Gasteiger partial charge is 0.272 e. The van der Waals surface area contributed by atoms with Crippen molar-refractivity contribution >= 4 is 29.9 Å². The van der Waals surface area contributed by atoms with Crippen LogP contribution in [0.25, 0.3) is 0 Å². The number of carbonyl (C=O) groups is 1. The number of para-hydroxylation sites is 1. The summed E-state index contributed by atoms with van der Waals surface area (Å²) in [6.45, 7) is 1.90. The van der Waals surface area contributed by atoms with Crippen molar-refractivity contribution in [1.29, 1.82) is 0 Å². The Morgan fingerprint density at radius 2 is 2.06 bits per heavy atom. The van der Waals surface area contributed by atoms with Gasteiger partial charge < -0.3 is 0 Å². The molecule has 1 atom stereocenters. The number of rotatable bonds is 3. The third-order valence-electron chi connectivity index (χ3n) is 2.69. The lowest BCUT2D eigenvalue weighted by Crippen LogP contribution is -2.27. The molecule has 84 valence electrons. The highest BCUT2D eigenvalue weighted by Crippen LogP contribution is 2.25. The van der Waals surface area contributed by atoms with Crippen LogP contribution in [0.4, 0.5) is 5.69 Å². The molecule has 2 rings (SSSR count). The van der Waals surface area contributed by atoms with Crippen LogP contribution in [0.15, 0.2) is 35.4 Å². The lowest BCUT2D eigenvalue weighted by molar-refractivity contribution is -0.119. The van der Waals surface area contributed by atoms with E-state index in [1.165, 1.54) is 5.01 Å². The Hall–Kier alpha value is -1.29. The topological polar surface area (TPSA) is 32.7 Å². The smallest absolute Gasteiger partial charge is 0.256 e. The van der Waals surface area contributed by atoms with Gasteiger partial charge in [-0.3, -0.25) is 4.79 Å². The summed E-state index contributed by atoms with van der Waals surface area (Å²) in [7, 11) is 0. The summed E-state index contributed by atoms with van der Waals surface area (Å²) in [6.07, 6.45) is 0.751. The molecule has 1 heterocycles. The second-order valence-corrected chi connectivity index (χ2v) is 4.24. The summed E-state index contributed by atoms with van der Waals surface area (Å²) < 4.78 is 0. The molecule has 4 heteroatoms. The number of amides is 1. The van der Waals surface area contributed by atoms with Gasteiger partial charge >= 0.3 is 0 Å². The summed E-state index contributed by atoms with van der Waals surface area (Å²) in [5.41, 5.74) is 1.71. The summed E-state index contributed by atoms with van der Waals surface area (Å²) >= 11 is 4.17. The van der Waals surface area contributed by atoms with E-state index in [0.717, 1.165) is 17.8 Å². The van der Waals surface area contributed by atoms with Gasteiger partial charge in [0.25, 0.3) is 5.91 Å². The number of carbonyl (C=O) groups excluding carboxylic acids is 1. The molecule has 0 saturated carbocycles. The van der Waals surface area contributed by atoms with Gasteiger partial charge in [-0.05, 0) is 31.2 Å². The molecule has 0 bridgehead atoms. The number of hydrazone groups is 1. The van der Waals surface area contributed by atoms with Crippen LogP contribution < -0.4 is 5.01 Å². The van der Waals surface area contributed by atoms with Crippen molar-refractivity contribution in [2.45, 2.75) is 13.3 Å². The maximum atomic E-state index is 12.1. The van der Waals surface area contributed by atoms with E-state index in [4.69, 9.17) is 0 Å². The van der Waals surface area contributed by atoms with E-state index in [-0.39, 0.29) is 11.8 Å². The molecule has 1 aliphatic heterocycles. The molecule has 0 radical (unpaired) electrons. The summed E-state index contributed by atoms with van der Waals surface area (Å²) in [6, 6.07) is 9.50. The molecule has 1 unspecified atom stereocenters. The molecule has 1 aromatic rings. The fourth-order valence-corrected chi connectivity index (χ4v) is 2.08. The monoisotopic (exact) mass is 234 g/mol. The van der Waals surface area contributed by atoms with Crippen molar-refractivity contribution in [3.05, 3.63) is 30.3 Å². The first kappa shape index (κ1) is 11.2. The minimum absolute atomic E-state index is 0.0535. The molecule has 1 amide bonds. The van der Waals surface area contributed by atoms with Crippen molar-refractivity contribution in [1.82, 2.24) is 0 Å². The molecule has 1 aliphatic rings. The second kappa shape index (κ2) is 4.70. The van der Waals surface area contributed by atoms with Crippen LogP contribution in [-0.2, 0) is 4.79 Å². The van der Waals surface area contributed by atoms with Crippen LogP contribution in [0, 0.1) is 5.92 Å². The predicted octanol–water partition coefficient (Wildman–Crippen LogP) is 2.35. The maximum Gasteiger partial charge on any atom is 0.256 e. The van der Waals surface area contributed by atoms with Crippen LogP contribution in [0.1, 0.15) is 13.3 Å². The fourth-order valence-electron chi connectivity index (χ4n) is 1.82. The van der Waals surface area contributed by atoms with Crippen LogP contribution in [0.3, 0.4) is 0 Å². The Balaban J connectivity index is 2.24. The van der Waals surface area contributed by atoms with Gasteiger partial charge in [0.15, 0.2) is 0 Å². The Morgan fingerprint density at radius 3 is 2.69 bits per heavy atom. The molecule has 0 aliphatic carbocycles. The van der Waals surface area contributed by atoms with Gasteiger partial charge in [0.05, 0.1) is 11.6 Å². The summed E-state index contributed by atoms with van der Waals surface area (Å²) in [5, 5.41) is 5.80. The number of hydrogen-bond donors (Lipinski definition) is 1. The Labute approximate surface area is 101 Å². The van der Waals surface area contributed by atoms with E-state index in [0.29, 0.717) is 5.75 Å². The molecule has 3 nitrogen and oxygen atoms in total. The normalized spacial score (nSPS) is 20.1. The minimum atomic E-state index is -0.0993. The van der Waals surface area contributed by atoms with Gasteiger partial charge in [-0.2, -0.15) is 17.7 Å². The molecule has 1 aromatic carbocycles. The lowest BCUT2D eigenvalue weighted by atomic mass is 10.0. The van der Waals surface area contributed by atoms with Crippen LogP contribution in [0.5, 0.6) is 0 Å². The Kier molecular flexibility index (Phi) is 3.29. The standard InChI is InChI=1S/C12H14N2OS/c1-9-11(7-8-16)12(15)14(13-9)10-5-3-2-4-6-10/h2-6,11,16H,7-8H2,1H3. The third-order valence-corrected chi connectivity index (χ3v) is 2.95. The Morgan fingerprint density at radius 1 is 1.38 bits per heavy atom. The van der Waals surface area contributed by atoms with E-state index in [9.17, 15) is 4.79 Å². The van der Waals surface area contributed by atoms with Gasteiger partial charge in [0, 0.05) is 5.71 Å². The first-order valence-corrected chi connectivity index (χ1v) is 5.92. The molecule has 16 heavy (non-hydrogen) atoms. The van der Waals surface area contributed by atoms with Crippen LogP contribution in [0.2, 0.25) is 0 Å². The fraction of sp³-hybridized carbons (Fsp3) is 0.333. The van der Waals surface area contributed by atoms with Gasteiger partial charge in [0.2, 0.25) is 0 Å². The number of thiol groups is 1. The number of anilines is 1. The third kappa shape index (κ3) is 1.97. The highest BCUT2D eigenvalue weighted by atomic mass is 32.1. The Bertz CT molecular complexity index is 416. The van der Waals surface area contributed by atoms with Crippen molar-refractivity contribution in [3.8, 4) is 0 Å². The molecular formula is C12H14N2OS. The quantitative estimate of drug-likeness (QED) is 0.800. The second-order valence-electron chi connectivity index (χ2n) is 3.79. The maximum absolute atomic E-state index is 12.1. The molecule has 0 fully saturated rings. The average Bonchev–Trinajstić information content (AvgIpc) is 2.59. The molecular weight excluding hydrogens is 220 g/mol. The van der Waals surface area contributed by atoms with Gasteiger partial charge in [-0.25, -0.2) is 5.01 Å². The first-order valence-electron chi connectivity index (χ1n) is 5.29. The average molecular weight is 234 g/mol. The van der Waals surface area contributed by atoms with Crippen LogP contribution in [-0.4, -0.2) is 17.4 Å². The van der Waals surface area contributed by atoms with Gasteiger partial charge in [-0.1, -0.05) is 18.2 Å². The highest BCUT2D eigenvalue weighted by Gasteiger charge is 2.33. The molecule has 0 aromatic heterocycles. The zero-order valence-corrected chi connectivity index (χ0v) is 10.0. The van der Waals surface area contributed by atoms with E-state index in [1.54, 1.807) is 0 Å². The SMILES string of the molecule is CC1=NN(c2ccccc2)C(=O)C1CCS. The number of hydrogen-bond acceptors (Lipinski definition) is 3. The lowest BCUT2D eigenvalue weighted by Gasteiger charge is -2.13. The minimum Gasteiger partial charge on any atom is -0.272 e. The van der Waals surface area contributed by atoms with E-state index in [2.05, 4.69) is 17.7 Å². The van der Waals surface area contributed by atoms with E-state index >= 15 is 0 Å². The summed E-state index contributed by atoms with van der Waals surface area (Å²) in [4.78, 5) is 12.1. The number of nitrogens with zero attached hydrogens (tertiary/aromatic N) is 2. The molecule has 0 saturated heterocycles. The first-order chi connectivity index (χ1) is 7.74. The zero-order valence-electron chi connectivity index (χ0n) is 9.13. The van der Waals surface area contributed by atoms with Crippen molar-refractivity contribution in [2.75, 3.05) is 10.8 Å². The van der Waals surface area contributed by atoms with E-state index < -0.39 is 0 Å². The molecule has 0 N–H and O–H groups in total. The van der Waals surface area contributed by atoms with Crippen molar-refractivity contribution < 1.29 is 4.79 Å².